The van der Waals surface area contributed by atoms with Crippen LogP contribution in [0.5, 0.6) is 11.5 Å². The number of rotatable bonds is 5. The minimum Gasteiger partial charge on any atom is -0.493 e. The van der Waals surface area contributed by atoms with Gasteiger partial charge in [-0.1, -0.05) is 6.07 Å². The van der Waals surface area contributed by atoms with Crippen LogP contribution < -0.4 is 15.2 Å². The zero-order chi connectivity index (χ0) is 13.8. The molecule has 2 N–H and O–H groups in total. The van der Waals surface area contributed by atoms with E-state index in [1.807, 2.05) is 31.2 Å². The van der Waals surface area contributed by atoms with Gasteiger partial charge >= 0.3 is 0 Å². The molecule has 1 unspecified atom stereocenters. The highest BCUT2D eigenvalue weighted by Crippen LogP contribution is 2.29. The predicted molar refractivity (Wildman–Crippen MR) is 73.6 cm³/mol. The maximum Gasteiger partial charge on any atom is 0.160 e. The van der Waals surface area contributed by atoms with Crippen molar-refractivity contribution < 1.29 is 13.9 Å². The predicted octanol–water partition coefficient (Wildman–Crippen LogP) is 2.85. The summed E-state index contributed by atoms with van der Waals surface area (Å²) in [6.07, 6.45) is 2.35. The zero-order valence-corrected chi connectivity index (χ0v) is 11.5. The van der Waals surface area contributed by atoms with Crippen LogP contribution in [0.4, 0.5) is 0 Å². The van der Waals surface area contributed by atoms with E-state index in [1.54, 1.807) is 20.5 Å². The number of ether oxygens (including phenoxy) is 2. The first-order valence-electron chi connectivity index (χ1n) is 6.16. The van der Waals surface area contributed by atoms with Crippen LogP contribution >= 0.6 is 0 Å². The molecule has 0 aliphatic heterocycles. The number of hydrogen-bond acceptors (Lipinski definition) is 4. The molecule has 0 saturated heterocycles. The van der Waals surface area contributed by atoms with Crippen LogP contribution in [0, 0.1) is 6.92 Å². The highest BCUT2D eigenvalue weighted by atomic mass is 16.5. The lowest BCUT2D eigenvalue weighted by Gasteiger charge is -2.13. The van der Waals surface area contributed by atoms with Crippen LogP contribution in [0.1, 0.15) is 22.9 Å². The van der Waals surface area contributed by atoms with E-state index in [0.29, 0.717) is 17.9 Å². The van der Waals surface area contributed by atoms with E-state index in [2.05, 4.69) is 0 Å². The van der Waals surface area contributed by atoms with Crippen molar-refractivity contribution in [3.63, 3.8) is 0 Å². The Hall–Kier alpha value is -1.94. The van der Waals surface area contributed by atoms with Gasteiger partial charge < -0.3 is 19.6 Å². The average molecular weight is 261 g/mol. The second-order valence-corrected chi connectivity index (χ2v) is 4.47. The Morgan fingerprint density at radius 2 is 1.89 bits per heavy atom. The molecule has 0 spiro atoms. The summed E-state index contributed by atoms with van der Waals surface area (Å²) >= 11 is 0. The number of aryl methyl sites for hydroxylation is 1. The molecule has 0 amide bonds. The molecule has 0 bridgehead atoms. The summed E-state index contributed by atoms with van der Waals surface area (Å²) in [6, 6.07) is 7.57. The number of nitrogens with two attached hydrogens (primary N) is 1. The van der Waals surface area contributed by atoms with Crippen LogP contribution in [-0.4, -0.2) is 14.2 Å². The molecule has 0 saturated carbocycles. The van der Waals surface area contributed by atoms with Gasteiger partial charge in [0, 0.05) is 0 Å². The molecule has 1 aromatic heterocycles. The van der Waals surface area contributed by atoms with Crippen LogP contribution in [0.25, 0.3) is 0 Å². The van der Waals surface area contributed by atoms with E-state index in [1.165, 1.54) is 0 Å². The first-order valence-corrected chi connectivity index (χ1v) is 6.16. The zero-order valence-electron chi connectivity index (χ0n) is 11.5. The fourth-order valence-corrected chi connectivity index (χ4v) is 2.12. The van der Waals surface area contributed by atoms with E-state index in [9.17, 15) is 0 Å². The smallest absolute Gasteiger partial charge is 0.160 e. The van der Waals surface area contributed by atoms with Crippen molar-refractivity contribution in [3.05, 3.63) is 47.4 Å². The Morgan fingerprint density at radius 3 is 2.47 bits per heavy atom. The maximum absolute atomic E-state index is 6.17. The van der Waals surface area contributed by atoms with Crippen molar-refractivity contribution in [2.45, 2.75) is 19.4 Å². The summed E-state index contributed by atoms with van der Waals surface area (Å²) in [5.41, 5.74) is 8.33. The summed E-state index contributed by atoms with van der Waals surface area (Å²) in [7, 11) is 3.24. The first-order chi connectivity index (χ1) is 9.15. The number of benzene rings is 1. The molecule has 2 rings (SSSR count). The van der Waals surface area contributed by atoms with E-state index >= 15 is 0 Å². The second kappa shape index (κ2) is 5.80. The van der Waals surface area contributed by atoms with Crippen LogP contribution in [0.2, 0.25) is 0 Å². The van der Waals surface area contributed by atoms with Crippen molar-refractivity contribution >= 4 is 0 Å². The van der Waals surface area contributed by atoms with E-state index < -0.39 is 0 Å². The van der Waals surface area contributed by atoms with Gasteiger partial charge in [-0.15, -0.1) is 0 Å². The standard InChI is InChI=1S/C15H19NO3/c1-10-6-7-19-15(10)12(16)8-11-4-5-13(17-2)14(9-11)18-3/h4-7,9,12H,8,16H2,1-3H3. The Labute approximate surface area is 113 Å². The van der Waals surface area contributed by atoms with Gasteiger partial charge in [0.1, 0.15) is 5.76 Å². The van der Waals surface area contributed by atoms with E-state index in [4.69, 9.17) is 19.6 Å². The van der Waals surface area contributed by atoms with E-state index in [0.717, 1.165) is 16.9 Å². The SMILES string of the molecule is COc1ccc(CC(N)c2occc2C)cc1OC. The lowest BCUT2D eigenvalue weighted by molar-refractivity contribution is 0.354. The monoisotopic (exact) mass is 261 g/mol. The topological polar surface area (TPSA) is 57.6 Å². The largest absolute Gasteiger partial charge is 0.493 e. The van der Waals surface area contributed by atoms with Gasteiger partial charge in [0.05, 0.1) is 26.5 Å². The third-order valence-corrected chi connectivity index (χ3v) is 3.14. The van der Waals surface area contributed by atoms with Crippen LogP contribution in [-0.2, 0) is 6.42 Å². The molecule has 2 aromatic rings. The minimum atomic E-state index is -0.159. The third-order valence-electron chi connectivity index (χ3n) is 3.14. The van der Waals surface area contributed by atoms with Gasteiger partial charge in [-0.05, 0) is 42.7 Å². The lowest BCUT2D eigenvalue weighted by atomic mass is 10.0. The molecule has 4 nitrogen and oxygen atoms in total. The summed E-state index contributed by atoms with van der Waals surface area (Å²) in [4.78, 5) is 0. The van der Waals surface area contributed by atoms with Crippen molar-refractivity contribution in [2.75, 3.05) is 14.2 Å². The molecule has 19 heavy (non-hydrogen) atoms. The molecule has 1 heterocycles. The maximum atomic E-state index is 6.17. The molecule has 1 atom stereocenters. The van der Waals surface area contributed by atoms with Gasteiger partial charge in [0.15, 0.2) is 11.5 Å². The highest BCUT2D eigenvalue weighted by molar-refractivity contribution is 5.43. The molecule has 0 aliphatic rings. The Bertz CT molecular complexity index is 548. The molecule has 1 aromatic carbocycles. The second-order valence-electron chi connectivity index (χ2n) is 4.47. The first kappa shape index (κ1) is 13.5. The van der Waals surface area contributed by atoms with Crippen molar-refractivity contribution in [1.29, 1.82) is 0 Å². The van der Waals surface area contributed by atoms with Crippen LogP contribution in [0.3, 0.4) is 0 Å². The fraction of sp³-hybridized carbons (Fsp3) is 0.333. The molecule has 0 aliphatic carbocycles. The Kier molecular flexibility index (Phi) is 4.12. The van der Waals surface area contributed by atoms with Gasteiger partial charge in [0.25, 0.3) is 0 Å². The van der Waals surface area contributed by atoms with Crippen molar-refractivity contribution in [1.82, 2.24) is 0 Å². The molecule has 102 valence electrons. The Balaban J connectivity index is 2.17. The van der Waals surface area contributed by atoms with Gasteiger partial charge in [-0.2, -0.15) is 0 Å². The van der Waals surface area contributed by atoms with Gasteiger partial charge in [-0.3, -0.25) is 0 Å². The van der Waals surface area contributed by atoms with Gasteiger partial charge in [0.2, 0.25) is 0 Å². The van der Waals surface area contributed by atoms with Crippen molar-refractivity contribution in [3.8, 4) is 11.5 Å². The quantitative estimate of drug-likeness (QED) is 0.899. The summed E-state index contributed by atoms with van der Waals surface area (Å²) in [5.74, 6) is 2.26. The van der Waals surface area contributed by atoms with E-state index in [-0.39, 0.29) is 6.04 Å². The third kappa shape index (κ3) is 2.90. The molecule has 4 heteroatoms. The Morgan fingerprint density at radius 1 is 1.16 bits per heavy atom. The number of hydrogen-bond donors (Lipinski definition) is 1. The average Bonchev–Trinajstić information content (AvgIpc) is 2.85. The highest BCUT2D eigenvalue weighted by Gasteiger charge is 2.14. The van der Waals surface area contributed by atoms with Gasteiger partial charge in [-0.25, -0.2) is 0 Å². The number of furan rings is 1. The minimum absolute atomic E-state index is 0.159. The lowest BCUT2D eigenvalue weighted by Crippen LogP contribution is -2.13. The molecular weight excluding hydrogens is 242 g/mol. The summed E-state index contributed by atoms with van der Waals surface area (Å²) in [6.45, 7) is 1.99. The number of methoxy groups -OCH3 is 2. The summed E-state index contributed by atoms with van der Waals surface area (Å²) < 4.78 is 15.9. The molecule has 0 fully saturated rings. The normalized spacial score (nSPS) is 12.2. The molecule has 0 radical (unpaired) electrons. The summed E-state index contributed by atoms with van der Waals surface area (Å²) in [5, 5.41) is 0. The fourth-order valence-electron chi connectivity index (χ4n) is 2.12. The van der Waals surface area contributed by atoms with Crippen molar-refractivity contribution in [2.24, 2.45) is 5.73 Å². The van der Waals surface area contributed by atoms with Crippen LogP contribution in [0.15, 0.2) is 34.9 Å². The molecular formula is C15H19NO3.